The number of para-hydroxylation sites is 1. The molecular weight excluding hydrogens is 597 g/mol. The van der Waals surface area contributed by atoms with Crippen LogP contribution in [0.1, 0.15) is 57.9 Å². The van der Waals surface area contributed by atoms with Crippen LogP contribution in [0.3, 0.4) is 0 Å². The fourth-order valence-corrected chi connectivity index (χ4v) is 8.54. The molecular formula is C28H30ClF3N4O5S. The molecule has 3 fully saturated rings. The maximum absolute atomic E-state index is 14.1. The van der Waals surface area contributed by atoms with E-state index in [4.69, 9.17) is 11.6 Å². The number of benzene rings is 2. The van der Waals surface area contributed by atoms with Crippen LogP contribution in [0.5, 0.6) is 0 Å². The van der Waals surface area contributed by atoms with Crippen LogP contribution in [0.4, 0.5) is 18.9 Å². The molecule has 0 spiro atoms. The molecule has 0 amide bonds. The highest BCUT2D eigenvalue weighted by atomic mass is 35.5. The van der Waals surface area contributed by atoms with Crippen LogP contribution in [-0.2, 0) is 21.4 Å². The number of carbonyl (C=O) groups is 1. The fraction of sp³-hybridized carbons (Fsp3) is 0.500. The second kappa shape index (κ2) is 10.3. The number of ketones is 1. The summed E-state index contributed by atoms with van der Waals surface area (Å²) in [4.78, 5) is 28.1. The Balaban J connectivity index is 1.40. The lowest BCUT2D eigenvalue weighted by Gasteiger charge is -2.72. The van der Waals surface area contributed by atoms with E-state index in [2.05, 4.69) is 10.3 Å². The monoisotopic (exact) mass is 626 g/mol. The predicted molar refractivity (Wildman–Crippen MR) is 150 cm³/mol. The zero-order valence-corrected chi connectivity index (χ0v) is 24.5. The third-order valence-corrected chi connectivity index (χ3v) is 10.7. The van der Waals surface area contributed by atoms with Gasteiger partial charge < -0.3 is 5.32 Å². The molecule has 1 heterocycles. The SMILES string of the molecule is CC1(C)NC(C23CC(N(Cc4ccc(Cl)cc4)S(=O)(=O)c4ccccc4[N+](=O)[O-])(C2)C3)=N[C@H]1C(=O)CCCC(F)(F)F. The van der Waals surface area contributed by atoms with Crippen LogP contribution >= 0.6 is 11.6 Å². The molecule has 4 aliphatic rings. The summed E-state index contributed by atoms with van der Waals surface area (Å²) in [7, 11) is -4.33. The van der Waals surface area contributed by atoms with Gasteiger partial charge in [-0.05, 0) is 63.3 Å². The van der Waals surface area contributed by atoms with Crippen LogP contribution < -0.4 is 5.32 Å². The predicted octanol–water partition coefficient (Wildman–Crippen LogP) is 5.81. The van der Waals surface area contributed by atoms with Gasteiger partial charge in [-0.25, -0.2) is 8.42 Å². The van der Waals surface area contributed by atoms with Crippen molar-refractivity contribution in [2.24, 2.45) is 10.4 Å². The normalized spacial score (nSPS) is 26.2. The third-order valence-electron chi connectivity index (χ3n) is 8.47. The largest absolute Gasteiger partial charge is 0.389 e. The number of rotatable bonds is 11. The lowest BCUT2D eigenvalue weighted by atomic mass is 9.38. The summed E-state index contributed by atoms with van der Waals surface area (Å²) in [6.45, 7) is 3.50. The number of sulfonamides is 1. The van der Waals surface area contributed by atoms with Crippen LogP contribution in [0, 0.1) is 15.5 Å². The first-order chi connectivity index (χ1) is 19.5. The number of nitro benzene ring substituents is 1. The van der Waals surface area contributed by atoms with Crippen LogP contribution in [0.25, 0.3) is 0 Å². The average Bonchev–Trinajstić information content (AvgIpc) is 3.17. The van der Waals surface area contributed by atoms with Gasteiger partial charge in [0.2, 0.25) is 0 Å². The number of hydrogen-bond donors (Lipinski definition) is 1. The van der Waals surface area contributed by atoms with Gasteiger partial charge in [0.25, 0.3) is 15.7 Å². The Labute approximate surface area is 246 Å². The highest BCUT2D eigenvalue weighted by Gasteiger charge is 2.75. The van der Waals surface area contributed by atoms with Gasteiger partial charge >= 0.3 is 6.18 Å². The topological polar surface area (TPSA) is 122 Å². The Kier molecular flexibility index (Phi) is 7.46. The van der Waals surface area contributed by atoms with E-state index in [0.717, 1.165) is 6.07 Å². The minimum absolute atomic E-state index is 0.0344. The number of nitrogens with zero attached hydrogens (tertiary/aromatic N) is 3. The van der Waals surface area contributed by atoms with Gasteiger partial charge in [0.05, 0.1) is 10.5 Å². The summed E-state index contributed by atoms with van der Waals surface area (Å²) in [5.41, 5.74) is -2.02. The second-order valence-corrected chi connectivity index (χ2v) is 14.3. The first-order valence-corrected chi connectivity index (χ1v) is 15.3. The lowest BCUT2D eigenvalue weighted by Crippen LogP contribution is -2.78. The summed E-state index contributed by atoms with van der Waals surface area (Å²) < 4.78 is 67.2. The highest BCUT2D eigenvalue weighted by molar-refractivity contribution is 7.89. The Hall–Kier alpha value is -3.03. The minimum atomic E-state index is -4.34. The zero-order chi connectivity index (χ0) is 30.7. The number of nitrogens with one attached hydrogen (secondary N) is 1. The summed E-state index contributed by atoms with van der Waals surface area (Å²) >= 11 is 6.02. The van der Waals surface area contributed by atoms with E-state index < -0.39 is 60.7 Å². The third kappa shape index (κ3) is 5.42. The van der Waals surface area contributed by atoms with Crippen molar-refractivity contribution in [3.63, 3.8) is 0 Å². The first-order valence-electron chi connectivity index (χ1n) is 13.4. The van der Waals surface area contributed by atoms with E-state index in [1.165, 1.54) is 22.5 Å². The molecule has 0 unspecified atom stereocenters. The Morgan fingerprint density at radius 1 is 1.14 bits per heavy atom. The van der Waals surface area contributed by atoms with E-state index in [9.17, 15) is 36.5 Å². The van der Waals surface area contributed by atoms with Gasteiger partial charge in [-0.3, -0.25) is 19.9 Å². The van der Waals surface area contributed by atoms with E-state index in [-0.39, 0.29) is 25.2 Å². The smallest absolute Gasteiger partial charge is 0.366 e. The number of halogens is 4. The molecule has 1 N–H and O–H groups in total. The van der Waals surface area contributed by atoms with Gasteiger partial charge in [0.15, 0.2) is 10.7 Å². The molecule has 6 rings (SSSR count). The fourth-order valence-electron chi connectivity index (χ4n) is 6.50. The maximum Gasteiger partial charge on any atom is 0.389 e. The molecule has 3 saturated carbocycles. The first kappa shape index (κ1) is 30.4. The molecule has 0 saturated heterocycles. The molecule has 9 nitrogen and oxygen atoms in total. The number of alkyl halides is 3. The lowest BCUT2D eigenvalue weighted by molar-refractivity contribution is -0.387. The van der Waals surface area contributed by atoms with Gasteiger partial charge in [-0.2, -0.15) is 17.5 Å². The van der Waals surface area contributed by atoms with Gasteiger partial charge in [0, 0.05) is 41.4 Å². The molecule has 14 heteroatoms. The van der Waals surface area contributed by atoms with Gasteiger partial charge in [0.1, 0.15) is 11.9 Å². The molecule has 0 aromatic heterocycles. The average molecular weight is 627 g/mol. The standard InChI is InChI=1S/C28H30ClF3N4O5S/c1-25(2)23(21(37)7-5-13-28(30,31)32)33-24(34-25)26-15-27(16-26,17-26)35(14-18-9-11-19(29)12-10-18)42(40,41)22-8-4-3-6-20(22)36(38)39/h3-4,6,8-12,23H,5,7,13-17H2,1-2H3,(H,33,34)/t23-,26?,27?/m0/s1. The van der Waals surface area contributed by atoms with Crippen molar-refractivity contribution in [1.82, 2.24) is 9.62 Å². The van der Waals surface area contributed by atoms with Crippen LogP contribution in [-0.4, -0.2) is 52.6 Å². The molecule has 42 heavy (non-hydrogen) atoms. The van der Waals surface area contributed by atoms with Crippen LogP contribution in [0.15, 0.2) is 58.4 Å². The van der Waals surface area contributed by atoms with Crippen molar-refractivity contribution in [2.45, 2.75) is 87.1 Å². The van der Waals surface area contributed by atoms with Gasteiger partial charge in [-0.1, -0.05) is 35.9 Å². The Bertz CT molecular complexity index is 1540. The molecule has 2 aromatic rings. The van der Waals surface area contributed by atoms with E-state index >= 15 is 0 Å². The van der Waals surface area contributed by atoms with E-state index in [1.54, 1.807) is 38.1 Å². The quantitative estimate of drug-likeness (QED) is 0.248. The maximum atomic E-state index is 14.1. The van der Waals surface area contributed by atoms with Crippen molar-refractivity contribution < 1.29 is 31.3 Å². The molecule has 2 aromatic carbocycles. The van der Waals surface area contributed by atoms with E-state index in [1.807, 2.05) is 0 Å². The highest BCUT2D eigenvalue weighted by Crippen LogP contribution is 2.71. The molecule has 1 aliphatic heterocycles. The molecule has 0 radical (unpaired) electrons. The Morgan fingerprint density at radius 3 is 2.36 bits per heavy atom. The number of hydrogen-bond acceptors (Lipinski definition) is 7. The molecule has 1 atom stereocenters. The van der Waals surface area contributed by atoms with Crippen molar-refractivity contribution >= 4 is 38.9 Å². The Morgan fingerprint density at radius 2 is 1.76 bits per heavy atom. The number of aliphatic imine (C=N–C) groups is 1. The van der Waals surface area contributed by atoms with Crippen molar-refractivity contribution in [2.75, 3.05) is 0 Å². The molecule has 3 aliphatic carbocycles. The van der Waals surface area contributed by atoms with E-state index in [0.29, 0.717) is 35.7 Å². The number of nitro groups is 1. The zero-order valence-electron chi connectivity index (χ0n) is 22.9. The van der Waals surface area contributed by atoms with Crippen molar-refractivity contribution in [1.29, 1.82) is 0 Å². The number of Topliss-reactive ketones (excluding diaryl/α,β-unsaturated/α-hetero) is 1. The molecule has 2 bridgehead atoms. The minimum Gasteiger partial charge on any atom is -0.366 e. The van der Waals surface area contributed by atoms with Crippen molar-refractivity contribution in [3.05, 3.63) is 69.2 Å². The summed E-state index contributed by atoms with van der Waals surface area (Å²) in [6, 6.07) is 11.1. The van der Waals surface area contributed by atoms with Crippen molar-refractivity contribution in [3.8, 4) is 0 Å². The van der Waals surface area contributed by atoms with Gasteiger partial charge in [-0.15, -0.1) is 0 Å². The number of amidine groups is 1. The summed E-state index contributed by atoms with van der Waals surface area (Å²) in [6.07, 6.45) is -4.79. The summed E-state index contributed by atoms with van der Waals surface area (Å²) in [5, 5.41) is 15.5. The number of carbonyl (C=O) groups excluding carboxylic acids is 1. The summed E-state index contributed by atoms with van der Waals surface area (Å²) in [5.74, 6) is 0.175. The molecule has 226 valence electrons. The van der Waals surface area contributed by atoms with Crippen LogP contribution in [0.2, 0.25) is 5.02 Å². The second-order valence-electron chi connectivity index (χ2n) is 12.1.